The fourth-order valence-electron chi connectivity index (χ4n) is 2.35. The number of rotatable bonds is 6. The van der Waals surface area contributed by atoms with Crippen LogP contribution in [-0.2, 0) is 12.8 Å². The third-order valence-corrected chi connectivity index (χ3v) is 3.59. The number of aryl methyl sites for hydroxylation is 3. The second kappa shape index (κ2) is 7.18. The molecular formula is C17H22N2O2. The van der Waals surface area contributed by atoms with Gasteiger partial charge in [-0.25, -0.2) is 0 Å². The average molecular weight is 286 g/mol. The van der Waals surface area contributed by atoms with Gasteiger partial charge in [-0.3, -0.25) is 0 Å². The predicted molar refractivity (Wildman–Crippen MR) is 82.4 cm³/mol. The van der Waals surface area contributed by atoms with Gasteiger partial charge in [0.25, 0.3) is 0 Å². The lowest BCUT2D eigenvalue weighted by Gasteiger charge is -2.14. The topological polar surface area (TPSA) is 55.2 Å². The lowest BCUT2D eigenvalue weighted by atomic mass is 9.99. The maximum Gasteiger partial charge on any atom is 0.118 e. The minimum Gasteiger partial charge on any atom is -0.497 e. The van der Waals surface area contributed by atoms with Crippen molar-refractivity contribution in [3.8, 4) is 5.75 Å². The molecular weight excluding hydrogens is 264 g/mol. The van der Waals surface area contributed by atoms with Gasteiger partial charge in [-0.05, 0) is 49.9 Å². The normalized spacial score (nSPS) is 12.2. The molecule has 0 saturated carbocycles. The van der Waals surface area contributed by atoms with Crippen molar-refractivity contribution in [2.45, 2.75) is 39.2 Å². The molecule has 0 saturated heterocycles. The van der Waals surface area contributed by atoms with Crippen molar-refractivity contribution in [2.75, 3.05) is 7.11 Å². The van der Waals surface area contributed by atoms with Gasteiger partial charge in [0.05, 0.1) is 24.6 Å². The van der Waals surface area contributed by atoms with Crippen molar-refractivity contribution in [2.24, 2.45) is 0 Å². The number of aromatic nitrogens is 2. The number of nitrogens with zero attached hydrogens (tertiary/aromatic N) is 2. The Morgan fingerprint density at radius 2 is 1.90 bits per heavy atom. The third-order valence-electron chi connectivity index (χ3n) is 3.59. The van der Waals surface area contributed by atoms with Crippen LogP contribution in [0.2, 0.25) is 0 Å². The highest BCUT2D eigenvalue weighted by molar-refractivity contribution is 5.28. The van der Waals surface area contributed by atoms with Crippen LogP contribution in [0.4, 0.5) is 0 Å². The summed E-state index contributed by atoms with van der Waals surface area (Å²) < 4.78 is 5.14. The van der Waals surface area contributed by atoms with Crippen molar-refractivity contribution < 1.29 is 9.84 Å². The summed E-state index contributed by atoms with van der Waals surface area (Å²) in [6.45, 7) is 3.92. The molecule has 4 nitrogen and oxygen atoms in total. The van der Waals surface area contributed by atoms with E-state index in [9.17, 15) is 5.11 Å². The van der Waals surface area contributed by atoms with Gasteiger partial charge in [-0.15, -0.1) is 0 Å². The predicted octanol–water partition coefficient (Wildman–Crippen LogP) is 3.02. The maximum absolute atomic E-state index is 10.4. The van der Waals surface area contributed by atoms with Gasteiger partial charge in [0, 0.05) is 5.56 Å². The van der Waals surface area contributed by atoms with Gasteiger partial charge in [0.15, 0.2) is 0 Å². The van der Waals surface area contributed by atoms with Crippen LogP contribution in [0.3, 0.4) is 0 Å². The van der Waals surface area contributed by atoms with E-state index in [-0.39, 0.29) is 0 Å². The zero-order valence-electron chi connectivity index (χ0n) is 12.8. The van der Waals surface area contributed by atoms with E-state index >= 15 is 0 Å². The number of methoxy groups -OCH3 is 1. The SMILES string of the molecule is CCc1nnc(C)cc1C(O)CCc1ccc(OC)cc1. The Morgan fingerprint density at radius 3 is 2.52 bits per heavy atom. The van der Waals surface area contributed by atoms with Crippen molar-refractivity contribution in [1.82, 2.24) is 10.2 Å². The Balaban J connectivity index is 2.03. The fraction of sp³-hybridized carbons (Fsp3) is 0.412. The highest BCUT2D eigenvalue weighted by Crippen LogP contribution is 2.23. The number of aliphatic hydroxyl groups is 1. The number of aliphatic hydroxyl groups excluding tert-OH is 1. The molecule has 1 aromatic carbocycles. The molecule has 2 aromatic rings. The second-order valence-corrected chi connectivity index (χ2v) is 5.14. The first-order chi connectivity index (χ1) is 10.1. The summed E-state index contributed by atoms with van der Waals surface area (Å²) in [5, 5.41) is 18.7. The Kier molecular flexibility index (Phi) is 5.28. The zero-order valence-corrected chi connectivity index (χ0v) is 12.8. The molecule has 0 amide bonds. The third kappa shape index (κ3) is 4.02. The van der Waals surface area contributed by atoms with Crippen molar-refractivity contribution in [3.63, 3.8) is 0 Å². The van der Waals surface area contributed by atoms with Crippen LogP contribution >= 0.6 is 0 Å². The van der Waals surface area contributed by atoms with Gasteiger partial charge >= 0.3 is 0 Å². The Labute approximate surface area is 125 Å². The van der Waals surface area contributed by atoms with Crippen molar-refractivity contribution in [1.29, 1.82) is 0 Å². The molecule has 0 aliphatic rings. The molecule has 0 fully saturated rings. The van der Waals surface area contributed by atoms with E-state index in [2.05, 4.69) is 10.2 Å². The molecule has 112 valence electrons. The van der Waals surface area contributed by atoms with E-state index < -0.39 is 6.10 Å². The lowest BCUT2D eigenvalue weighted by molar-refractivity contribution is 0.166. The Morgan fingerprint density at radius 1 is 1.19 bits per heavy atom. The average Bonchev–Trinajstić information content (AvgIpc) is 2.53. The first kappa shape index (κ1) is 15.4. The molecule has 0 spiro atoms. The molecule has 2 rings (SSSR count). The summed E-state index contributed by atoms with van der Waals surface area (Å²) in [6.07, 6.45) is 1.76. The van der Waals surface area contributed by atoms with Crippen LogP contribution in [0.15, 0.2) is 30.3 Å². The smallest absolute Gasteiger partial charge is 0.118 e. The van der Waals surface area contributed by atoms with Crippen LogP contribution in [0, 0.1) is 6.92 Å². The molecule has 4 heteroatoms. The summed E-state index contributed by atoms with van der Waals surface area (Å²) in [4.78, 5) is 0. The lowest BCUT2D eigenvalue weighted by Crippen LogP contribution is -2.07. The summed E-state index contributed by atoms with van der Waals surface area (Å²) in [6, 6.07) is 9.88. The minimum atomic E-state index is -0.503. The highest BCUT2D eigenvalue weighted by atomic mass is 16.5. The van der Waals surface area contributed by atoms with E-state index in [1.807, 2.05) is 44.2 Å². The van der Waals surface area contributed by atoms with Gasteiger partial charge in [-0.1, -0.05) is 19.1 Å². The van der Waals surface area contributed by atoms with Gasteiger partial charge < -0.3 is 9.84 Å². The molecule has 0 bridgehead atoms. The van der Waals surface area contributed by atoms with Crippen LogP contribution in [0.5, 0.6) is 5.75 Å². The number of hydrogen-bond donors (Lipinski definition) is 1. The zero-order chi connectivity index (χ0) is 15.2. The Bertz CT molecular complexity index is 582. The number of hydrogen-bond acceptors (Lipinski definition) is 4. The van der Waals surface area contributed by atoms with E-state index in [1.165, 1.54) is 5.56 Å². The number of benzene rings is 1. The van der Waals surface area contributed by atoms with Gasteiger partial charge in [0.2, 0.25) is 0 Å². The van der Waals surface area contributed by atoms with Gasteiger partial charge in [0.1, 0.15) is 5.75 Å². The summed E-state index contributed by atoms with van der Waals surface area (Å²) in [7, 11) is 1.66. The van der Waals surface area contributed by atoms with E-state index in [0.717, 1.165) is 35.5 Å². The monoisotopic (exact) mass is 286 g/mol. The van der Waals surface area contributed by atoms with E-state index in [1.54, 1.807) is 7.11 Å². The molecule has 21 heavy (non-hydrogen) atoms. The molecule has 1 aromatic heterocycles. The largest absolute Gasteiger partial charge is 0.497 e. The van der Waals surface area contributed by atoms with Crippen LogP contribution in [0.25, 0.3) is 0 Å². The quantitative estimate of drug-likeness (QED) is 0.887. The molecule has 1 N–H and O–H groups in total. The molecule has 0 aliphatic carbocycles. The summed E-state index contributed by atoms with van der Waals surface area (Å²) in [5.74, 6) is 0.849. The summed E-state index contributed by atoms with van der Waals surface area (Å²) in [5.41, 5.74) is 3.80. The minimum absolute atomic E-state index is 0.503. The fourth-order valence-corrected chi connectivity index (χ4v) is 2.35. The first-order valence-electron chi connectivity index (χ1n) is 7.28. The van der Waals surface area contributed by atoms with E-state index in [0.29, 0.717) is 6.42 Å². The van der Waals surface area contributed by atoms with Crippen LogP contribution in [-0.4, -0.2) is 22.4 Å². The molecule has 1 heterocycles. The first-order valence-corrected chi connectivity index (χ1v) is 7.28. The molecule has 1 atom stereocenters. The van der Waals surface area contributed by atoms with Gasteiger partial charge in [-0.2, -0.15) is 10.2 Å². The molecule has 0 aliphatic heterocycles. The van der Waals surface area contributed by atoms with E-state index in [4.69, 9.17) is 4.74 Å². The second-order valence-electron chi connectivity index (χ2n) is 5.14. The van der Waals surface area contributed by atoms with Crippen LogP contribution in [0.1, 0.15) is 42.0 Å². The maximum atomic E-state index is 10.4. The van der Waals surface area contributed by atoms with Crippen molar-refractivity contribution >= 4 is 0 Å². The highest BCUT2D eigenvalue weighted by Gasteiger charge is 2.14. The standard InChI is InChI=1S/C17H22N2O2/c1-4-16-15(11-12(2)18-19-16)17(20)10-7-13-5-8-14(21-3)9-6-13/h5-6,8-9,11,17,20H,4,7,10H2,1-3H3. The molecule has 0 radical (unpaired) electrons. The van der Waals surface area contributed by atoms with Crippen molar-refractivity contribution in [3.05, 3.63) is 52.8 Å². The summed E-state index contributed by atoms with van der Waals surface area (Å²) >= 11 is 0. The Hall–Kier alpha value is -1.94. The van der Waals surface area contributed by atoms with Crippen LogP contribution < -0.4 is 4.74 Å². The molecule has 1 unspecified atom stereocenters. The number of ether oxygens (including phenoxy) is 1.